The number of halogens is 3. The largest absolute Gasteiger partial charge is 0.493 e. The number of anilines is 2. The first-order chi connectivity index (χ1) is 16.6. The smallest absolute Gasteiger partial charge is 0.445 e. The van der Waals surface area contributed by atoms with Crippen LogP contribution in [-0.2, 0) is 27.5 Å². The van der Waals surface area contributed by atoms with Crippen LogP contribution in [0.2, 0.25) is 0 Å². The molecular weight excluding hydrogens is 469 g/mol. The Bertz CT molecular complexity index is 1190. The third-order valence-electron chi connectivity index (χ3n) is 4.48. The summed E-state index contributed by atoms with van der Waals surface area (Å²) in [6.45, 7) is 0.0843. The number of hydroxylamine groups is 1. The van der Waals surface area contributed by atoms with Crippen molar-refractivity contribution in [3.63, 3.8) is 0 Å². The lowest BCUT2D eigenvalue weighted by molar-refractivity contribution is -0.199. The van der Waals surface area contributed by atoms with Gasteiger partial charge in [-0.3, -0.25) is 9.78 Å². The minimum atomic E-state index is -5.33. The van der Waals surface area contributed by atoms with Crippen molar-refractivity contribution in [2.24, 2.45) is 0 Å². The minimum absolute atomic E-state index is 0.0300. The molecule has 0 aliphatic heterocycles. The topological polar surface area (TPSA) is 124 Å². The second-order valence-electron chi connectivity index (χ2n) is 7.02. The quantitative estimate of drug-likeness (QED) is 0.400. The fourth-order valence-electron chi connectivity index (χ4n) is 2.75. The van der Waals surface area contributed by atoms with Gasteiger partial charge in [0.05, 0.1) is 5.69 Å². The maximum Gasteiger partial charge on any atom is 0.493 e. The third kappa shape index (κ3) is 6.93. The predicted molar refractivity (Wildman–Crippen MR) is 118 cm³/mol. The van der Waals surface area contributed by atoms with Crippen molar-refractivity contribution in [1.29, 1.82) is 0 Å². The van der Waals surface area contributed by atoms with Gasteiger partial charge < -0.3 is 20.6 Å². The number of nitrogens with one attached hydrogen (secondary N) is 1. The summed E-state index contributed by atoms with van der Waals surface area (Å²) in [6.07, 6.45) is -2.87. The summed E-state index contributed by atoms with van der Waals surface area (Å²) in [6, 6.07) is 14.4. The first-order valence-corrected chi connectivity index (χ1v) is 10.0. The van der Waals surface area contributed by atoms with Gasteiger partial charge in [0.1, 0.15) is 12.3 Å². The zero-order chi connectivity index (χ0) is 25.4. The average molecular weight is 488 g/mol. The lowest BCUT2D eigenvalue weighted by Crippen LogP contribution is -2.39. The number of hydrogen-bond donors (Lipinski definition) is 2. The van der Waals surface area contributed by atoms with Gasteiger partial charge in [-0.25, -0.2) is 9.59 Å². The summed E-state index contributed by atoms with van der Waals surface area (Å²) >= 11 is 0. The summed E-state index contributed by atoms with van der Waals surface area (Å²) in [7, 11) is 0. The van der Waals surface area contributed by atoms with Crippen LogP contribution >= 0.6 is 0 Å². The standard InChI is InChI=1S/C23H19F3N4O5/c24-23(25,26)21(32)35-30(19-6-2-1-5-18(19)27)20(31)17-9-7-15(8-10-17)13-29-22(33)34-14-16-4-3-11-28-12-16/h1-12H,13-14,27H2,(H,29,33). The molecule has 3 aromatic rings. The molecule has 3 rings (SSSR count). The van der Waals surface area contributed by atoms with E-state index < -0.39 is 24.1 Å². The van der Waals surface area contributed by atoms with Crippen LogP contribution in [0.5, 0.6) is 0 Å². The van der Waals surface area contributed by atoms with Gasteiger partial charge in [-0.2, -0.15) is 13.2 Å². The highest BCUT2D eigenvalue weighted by Gasteiger charge is 2.44. The van der Waals surface area contributed by atoms with Gasteiger partial charge in [0, 0.05) is 30.1 Å². The molecule has 9 nitrogen and oxygen atoms in total. The molecule has 3 N–H and O–H groups in total. The number of para-hydroxylation sites is 2. The highest BCUT2D eigenvalue weighted by atomic mass is 19.4. The maximum absolute atomic E-state index is 12.9. The molecule has 1 aromatic heterocycles. The first-order valence-electron chi connectivity index (χ1n) is 10.0. The van der Waals surface area contributed by atoms with E-state index in [1.807, 2.05) is 0 Å². The molecule has 182 valence electrons. The van der Waals surface area contributed by atoms with E-state index in [-0.39, 0.29) is 35.2 Å². The summed E-state index contributed by atoms with van der Waals surface area (Å²) in [5.41, 5.74) is 6.62. The predicted octanol–water partition coefficient (Wildman–Crippen LogP) is 3.76. The monoisotopic (exact) mass is 488 g/mol. The Morgan fingerprint density at radius 1 is 0.971 bits per heavy atom. The Morgan fingerprint density at radius 3 is 2.31 bits per heavy atom. The highest BCUT2D eigenvalue weighted by Crippen LogP contribution is 2.27. The van der Waals surface area contributed by atoms with Crippen LogP contribution in [0.25, 0.3) is 0 Å². The highest BCUT2D eigenvalue weighted by molar-refractivity contribution is 6.07. The van der Waals surface area contributed by atoms with Crippen LogP contribution < -0.4 is 16.1 Å². The van der Waals surface area contributed by atoms with E-state index in [0.717, 1.165) is 0 Å². The summed E-state index contributed by atoms with van der Waals surface area (Å²) in [5, 5.41) is 2.72. The number of rotatable bonds is 6. The van der Waals surface area contributed by atoms with Gasteiger partial charge in [0.25, 0.3) is 5.91 Å². The average Bonchev–Trinajstić information content (AvgIpc) is 2.85. The zero-order valence-corrected chi connectivity index (χ0v) is 18.0. The molecule has 0 aliphatic rings. The molecule has 0 saturated carbocycles. The van der Waals surface area contributed by atoms with E-state index in [1.165, 1.54) is 48.5 Å². The van der Waals surface area contributed by atoms with Crippen molar-refractivity contribution in [3.8, 4) is 0 Å². The fraction of sp³-hybridized carbons (Fsp3) is 0.130. The Kier molecular flexibility index (Phi) is 7.87. The Morgan fingerprint density at radius 2 is 1.69 bits per heavy atom. The number of carbonyl (C=O) groups excluding carboxylic acids is 3. The molecule has 0 atom stereocenters. The molecule has 0 bridgehead atoms. The number of benzene rings is 2. The van der Waals surface area contributed by atoms with Crippen molar-refractivity contribution in [1.82, 2.24) is 10.3 Å². The third-order valence-corrected chi connectivity index (χ3v) is 4.48. The number of carbonyl (C=O) groups is 3. The van der Waals surface area contributed by atoms with Gasteiger partial charge in [0.2, 0.25) is 0 Å². The molecule has 1 heterocycles. The van der Waals surface area contributed by atoms with E-state index in [1.54, 1.807) is 24.5 Å². The Hall–Kier alpha value is -4.61. The van der Waals surface area contributed by atoms with Crippen molar-refractivity contribution in [2.45, 2.75) is 19.3 Å². The molecule has 0 aliphatic carbocycles. The number of amides is 2. The lowest BCUT2D eigenvalue weighted by atomic mass is 10.1. The van der Waals surface area contributed by atoms with Gasteiger partial charge in [0.15, 0.2) is 0 Å². The van der Waals surface area contributed by atoms with E-state index in [2.05, 4.69) is 15.1 Å². The van der Waals surface area contributed by atoms with Gasteiger partial charge >= 0.3 is 18.2 Å². The van der Waals surface area contributed by atoms with Gasteiger partial charge in [-0.05, 0) is 35.9 Å². The zero-order valence-electron chi connectivity index (χ0n) is 18.0. The van der Waals surface area contributed by atoms with E-state index in [0.29, 0.717) is 11.1 Å². The van der Waals surface area contributed by atoms with Crippen molar-refractivity contribution >= 4 is 29.3 Å². The molecule has 2 aromatic carbocycles. The first kappa shape index (κ1) is 25.0. The molecule has 2 amide bonds. The number of alkyl carbamates (subject to hydrolysis) is 1. The molecule has 35 heavy (non-hydrogen) atoms. The SMILES string of the molecule is Nc1ccccc1N(OC(=O)C(F)(F)F)C(=O)c1ccc(CNC(=O)OCc2cccnc2)cc1. The van der Waals surface area contributed by atoms with Crippen molar-refractivity contribution in [3.05, 3.63) is 89.7 Å². The van der Waals surface area contributed by atoms with E-state index in [4.69, 9.17) is 10.5 Å². The van der Waals surface area contributed by atoms with Crippen LogP contribution in [0.4, 0.5) is 29.3 Å². The molecule has 0 spiro atoms. The Labute approximate surface area is 197 Å². The van der Waals surface area contributed by atoms with Crippen LogP contribution in [0.3, 0.4) is 0 Å². The number of alkyl halides is 3. The summed E-state index contributed by atoms with van der Waals surface area (Å²) in [5.74, 6) is -3.64. The Balaban J connectivity index is 1.66. The second kappa shape index (κ2) is 11.0. The fourth-order valence-corrected chi connectivity index (χ4v) is 2.75. The summed E-state index contributed by atoms with van der Waals surface area (Å²) in [4.78, 5) is 44.4. The summed E-state index contributed by atoms with van der Waals surface area (Å²) < 4.78 is 43.3. The molecule has 0 fully saturated rings. The van der Waals surface area contributed by atoms with Crippen LogP contribution in [0.15, 0.2) is 73.1 Å². The molecular formula is C23H19F3N4O5. The number of aromatic nitrogens is 1. The number of nitrogen functional groups attached to an aromatic ring is 1. The van der Waals surface area contributed by atoms with Crippen LogP contribution in [0.1, 0.15) is 21.5 Å². The number of nitrogens with zero attached hydrogens (tertiary/aromatic N) is 2. The second-order valence-corrected chi connectivity index (χ2v) is 7.02. The molecule has 0 saturated heterocycles. The maximum atomic E-state index is 12.9. The number of hydrogen-bond acceptors (Lipinski definition) is 7. The lowest BCUT2D eigenvalue weighted by Gasteiger charge is -2.23. The molecule has 0 unspecified atom stereocenters. The van der Waals surface area contributed by atoms with Gasteiger partial charge in [-0.1, -0.05) is 30.3 Å². The number of nitrogens with two attached hydrogens (primary N) is 1. The van der Waals surface area contributed by atoms with E-state index in [9.17, 15) is 27.6 Å². The van der Waals surface area contributed by atoms with Crippen molar-refractivity contribution < 1.29 is 37.1 Å². The van der Waals surface area contributed by atoms with Gasteiger partial charge in [-0.15, -0.1) is 5.06 Å². The van der Waals surface area contributed by atoms with E-state index >= 15 is 0 Å². The molecule has 0 radical (unpaired) electrons. The number of pyridine rings is 1. The molecule has 12 heteroatoms. The van der Waals surface area contributed by atoms with Crippen molar-refractivity contribution in [2.75, 3.05) is 10.8 Å². The van der Waals surface area contributed by atoms with Crippen LogP contribution in [-0.4, -0.2) is 29.1 Å². The normalized spacial score (nSPS) is 10.8. The number of ether oxygens (including phenoxy) is 1. The minimum Gasteiger partial charge on any atom is -0.445 e. The van der Waals surface area contributed by atoms with Crippen LogP contribution in [0, 0.1) is 0 Å².